The largest absolute Gasteiger partial charge is 0.347 e. The van der Waals surface area contributed by atoms with Crippen LogP contribution in [0, 0.1) is 0 Å². The van der Waals surface area contributed by atoms with Gasteiger partial charge in [-0.2, -0.15) is 0 Å². The van der Waals surface area contributed by atoms with E-state index < -0.39 is 36.3 Å². The summed E-state index contributed by atoms with van der Waals surface area (Å²) in [6.45, 7) is 5.13. The number of carbonyl (C=O) groups is 6. The number of amides is 6. The van der Waals surface area contributed by atoms with Crippen LogP contribution in [0.4, 0.5) is 0 Å². The van der Waals surface area contributed by atoms with Gasteiger partial charge in [-0.1, -0.05) is 59.0 Å². The van der Waals surface area contributed by atoms with Crippen molar-refractivity contribution in [1.29, 1.82) is 0 Å². The maximum atomic E-state index is 14.3. The van der Waals surface area contributed by atoms with Gasteiger partial charge in [-0.3, -0.25) is 38.1 Å². The molecule has 71 heavy (non-hydrogen) atoms. The number of carbonyl (C=O) groups excluding carboxylic acids is 6. The van der Waals surface area contributed by atoms with Gasteiger partial charge in [0.1, 0.15) is 24.2 Å². The van der Waals surface area contributed by atoms with Gasteiger partial charge in [0.2, 0.25) is 35.4 Å². The van der Waals surface area contributed by atoms with E-state index in [1.807, 2.05) is 24.3 Å². The summed E-state index contributed by atoms with van der Waals surface area (Å²) in [5.41, 5.74) is 5.73. The van der Waals surface area contributed by atoms with Crippen LogP contribution >= 0.6 is 0 Å². The zero-order valence-corrected chi connectivity index (χ0v) is 41.4. The first kappa shape index (κ1) is 50.8. The van der Waals surface area contributed by atoms with Crippen molar-refractivity contribution in [2.75, 3.05) is 27.2 Å². The highest BCUT2D eigenvalue weighted by atomic mass is 16.2. The lowest BCUT2D eigenvalue weighted by Crippen LogP contribution is -2.56. The van der Waals surface area contributed by atoms with Crippen molar-refractivity contribution in [1.82, 2.24) is 71.7 Å². The summed E-state index contributed by atoms with van der Waals surface area (Å²) < 4.78 is 3.34. The van der Waals surface area contributed by atoms with Crippen molar-refractivity contribution >= 4 is 35.4 Å². The molecule has 2 aliphatic carbocycles. The number of aryl methyl sites for hydroxylation is 4. The molecular weight excluding hydrogens is 905 g/mol. The molecule has 0 saturated carbocycles. The Kier molecular flexibility index (Phi) is 16.9. The van der Waals surface area contributed by atoms with E-state index in [0.29, 0.717) is 69.7 Å². The van der Waals surface area contributed by atoms with Crippen molar-refractivity contribution in [3.8, 4) is 0 Å². The van der Waals surface area contributed by atoms with E-state index in [2.05, 4.69) is 76.8 Å². The minimum Gasteiger partial charge on any atom is -0.347 e. The van der Waals surface area contributed by atoms with Gasteiger partial charge in [0.15, 0.2) is 0 Å². The number of fused-ring (bicyclic) bond motifs is 2. The van der Waals surface area contributed by atoms with Crippen LogP contribution in [-0.2, 0) is 67.5 Å². The normalized spacial score (nSPS) is 21.3. The highest BCUT2D eigenvalue weighted by Crippen LogP contribution is 2.32. The molecule has 2 saturated heterocycles. The number of likely N-dealkylation sites (tertiary alicyclic amines) is 2. The average Bonchev–Trinajstić information content (AvgIpc) is 4.24. The summed E-state index contributed by atoms with van der Waals surface area (Å²) in [6, 6.07) is 11.7. The fraction of sp³-hybridized carbons (Fsp3) is 0.569. The topological polar surface area (TPSA) is 242 Å². The third-order valence-electron chi connectivity index (χ3n) is 14.7. The number of hydrogen-bond donors (Lipinski definition) is 6. The maximum Gasteiger partial charge on any atom is 0.246 e. The molecule has 6 N–H and O–H groups in total. The van der Waals surface area contributed by atoms with E-state index in [1.165, 1.54) is 11.1 Å². The molecule has 2 aromatic heterocycles. The van der Waals surface area contributed by atoms with Gasteiger partial charge >= 0.3 is 0 Å². The fourth-order valence-corrected chi connectivity index (χ4v) is 10.5. The zero-order valence-electron chi connectivity index (χ0n) is 41.4. The number of rotatable bonds is 20. The minimum atomic E-state index is -0.976. The molecule has 4 aromatic rings. The minimum absolute atomic E-state index is 0.0791. The van der Waals surface area contributed by atoms with Gasteiger partial charge in [0, 0.05) is 51.4 Å². The molecule has 0 unspecified atom stereocenters. The van der Waals surface area contributed by atoms with Crippen LogP contribution in [-0.4, -0.2) is 139 Å². The Hall–Kier alpha value is -6.54. The van der Waals surface area contributed by atoms with Crippen LogP contribution in [0.15, 0.2) is 60.9 Å². The highest BCUT2D eigenvalue weighted by molar-refractivity contribution is 5.95. The lowest BCUT2D eigenvalue weighted by Gasteiger charge is -2.31. The van der Waals surface area contributed by atoms with E-state index >= 15 is 0 Å². The summed E-state index contributed by atoms with van der Waals surface area (Å²) in [7, 11) is 3.34. The third-order valence-corrected chi connectivity index (χ3v) is 14.7. The maximum absolute atomic E-state index is 14.3. The summed E-state index contributed by atoms with van der Waals surface area (Å²) in [5.74, 6) is -1.75. The SMILES string of the molecule is CN[C@@H](C)C(=O)N[C@@H](Cc1cn(CCCn2cc(C[C@H](NC(=O)[C@H](C)NC)C(=O)N3CCC[C@H]3C(=O)N[C@@H]3CCCc4ccccc43)nn2)nn1)C(=O)N1CCC[C@H]1C(=O)N[C@@H]1CCCc2ccccc21. The van der Waals surface area contributed by atoms with Crippen molar-refractivity contribution < 1.29 is 28.8 Å². The molecule has 0 bridgehead atoms. The van der Waals surface area contributed by atoms with E-state index in [-0.39, 0.29) is 60.4 Å². The van der Waals surface area contributed by atoms with Crippen molar-refractivity contribution in [3.63, 3.8) is 0 Å². The Balaban J connectivity index is 0.872. The third kappa shape index (κ3) is 12.3. The Morgan fingerprint density at radius 2 is 1.01 bits per heavy atom. The predicted octanol–water partition coefficient (Wildman–Crippen LogP) is 1.60. The van der Waals surface area contributed by atoms with E-state index in [9.17, 15) is 28.8 Å². The van der Waals surface area contributed by atoms with Gasteiger partial charge in [-0.15, -0.1) is 10.2 Å². The van der Waals surface area contributed by atoms with Gasteiger partial charge < -0.3 is 41.7 Å². The first-order valence-electron chi connectivity index (χ1n) is 25.5. The zero-order chi connectivity index (χ0) is 50.0. The van der Waals surface area contributed by atoms with Crippen molar-refractivity contribution in [3.05, 3.63) is 94.6 Å². The van der Waals surface area contributed by atoms with Gasteiger partial charge in [0.05, 0.1) is 35.6 Å². The second-order valence-corrected chi connectivity index (χ2v) is 19.5. The van der Waals surface area contributed by atoms with Crippen molar-refractivity contribution in [2.24, 2.45) is 0 Å². The molecule has 0 radical (unpaired) electrons. The lowest BCUT2D eigenvalue weighted by atomic mass is 9.87. The Labute approximate surface area is 415 Å². The molecule has 4 heterocycles. The molecule has 380 valence electrons. The van der Waals surface area contributed by atoms with Crippen LogP contribution in [0.1, 0.15) is 117 Å². The standard InChI is InChI=1S/C51H70N14O6/c1-32(52-3)46(66)56-42(50(70)64-26-11-22-44(64)48(68)54-40-20-9-16-34-14-5-7-18-38(34)40)28-36-30-62(60-58-36)24-13-25-63-31-37(59-61-63)29-43(57-47(67)33(2)53-4)51(71)65-27-12-23-45(65)49(69)55-41-21-10-17-35-15-6-8-19-39(35)41/h5-8,14-15,18-19,30-33,40-45,52-53H,9-13,16-17,20-29H2,1-4H3,(H,54,68)(H,55,69)(H,56,66)(H,57,67)/t32-,33-,40+,41+,42-,43-,44-,45-/m0/s1. The van der Waals surface area contributed by atoms with Crippen LogP contribution in [0.25, 0.3) is 0 Å². The first-order chi connectivity index (χ1) is 34.4. The number of aromatic nitrogens is 6. The number of hydrogen-bond acceptors (Lipinski definition) is 12. The molecule has 20 heteroatoms. The van der Waals surface area contributed by atoms with Crippen LogP contribution in [0.2, 0.25) is 0 Å². The molecule has 6 amide bonds. The summed E-state index contributed by atoms with van der Waals surface area (Å²) in [5, 5.41) is 35.5. The predicted molar refractivity (Wildman–Crippen MR) is 263 cm³/mol. The molecule has 4 aliphatic rings. The van der Waals surface area contributed by atoms with Crippen molar-refractivity contribution in [2.45, 2.75) is 159 Å². The molecule has 2 aliphatic heterocycles. The molecule has 8 rings (SSSR count). The average molecular weight is 975 g/mol. The number of nitrogens with one attached hydrogen (secondary N) is 6. The first-order valence-corrected chi connectivity index (χ1v) is 25.5. The second kappa shape index (κ2) is 23.6. The Morgan fingerprint density at radius 1 is 0.592 bits per heavy atom. The molecule has 8 atom stereocenters. The number of benzene rings is 2. The molecule has 2 aromatic carbocycles. The Morgan fingerprint density at radius 3 is 1.44 bits per heavy atom. The molecule has 0 spiro atoms. The van der Waals surface area contributed by atoms with Gasteiger partial charge in [-0.25, -0.2) is 0 Å². The monoisotopic (exact) mass is 975 g/mol. The molecular formula is C51H70N14O6. The summed E-state index contributed by atoms with van der Waals surface area (Å²) in [4.78, 5) is 85.9. The van der Waals surface area contributed by atoms with Gasteiger partial charge in [0.25, 0.3) is 0 Å². The van der Waals surface area contributed by atoms with E-state index in [4.69, 9.17) is 0 Å². The lowest BCUT2D eigenvalue weighted by molar-refractivity contribution is -0.141. The Bertz CT molecular complexity index is 2360. The van der Waals surface area contributed by atoms with Crippen LogP contribution < -0.4 is 31.9 Å². The number of nitrogens with zero attached hydrogens (tertiary/aromatic N) is 8. The summed E-state index contributed by atoms with van der Waals surface area (Å²) >= 11 is 0. The quantitative estimate of drug-likeness (QED) is 0.0741. The smallest absolute Gasteiger partial charge is 0.246 e. The summed E-state index contributed by atoms with van der Waals surface area (Å²) in [6.07, 6.45) is 12.2. The fourth-order valence-electron chi connectivity index (χ4n) is 10.5. The van der Waals surface area contributed by atoms with Crippen LogP contribution in [0.5, 0.6) is 0 Å². The molecule has 20 nitrogen and oxygen atoms in total. The van der Waals surface area contributed by atoms with Gasteiger partial charge in [-0.05, 0) is 121 Å². The molecule has 2 fully saturated rings. The highest BCUT2D eigenvalue weighted by Gasteiger charge is 2.41. The van der Waals surface area contributed by atoms with Crippen LogP contribution in [0.3, 0.4) is 0 Å². The van der Waals surface area contributed by atoms with E-state index in [1.54, 1.807) is 59.5 Å². The second-order valence-electron chi connectivity index (χ2n) is 19.5. The van der Waals surface area contributed by atoms with E-state index in [0.717, 1.165) is 49.7 Å². The number of likely N-dealkylation sites (N-methyl/N-ethyl adjacent to an activating group) is 2.